The molecule has 0 radical (unpaired) electrons. The molecule has 2 N–H and O–H groups in total. The summed E-state index contributed by atoms with van der Waals surface area (Å²) in [5.41, 5.74) is 6.56. The average molecular weight is 183 g/mol. The smallest absolute Gasteiger partial charge is 0.133 e. The van der Waals surface area contributed by atoms with Gasteiger partial charge in [-0.15, -0.1) is 0 Å². The highest BCUT2D eigenvalue weighted by Crippen LogP contribution is 2.23. The van der Waals surface area contributed by atoms with E-state index in [9.17, 15) is 4.39 Å². The molecule has 0 amide bonds. The van der Waals surface area contributed by atoms with Crippen LogP contribution in [0.3, 0.4) is 0 Å². The van der Waals surface area contributed by atoms with E-state index in [-0.39, 0.29) is 5.82 Å². The number of benzene rings is 1. The van der Waals surface area contributed by atoms with Gasteiger partial charge in [0.15, 0.2) is 0 Å². The van der Waals surface area contributed by atoms with E-state index < -0.39 is 0 Å². The molecule has 0 atom stereocenters. The predicted molar refractivity (Wildman–Crippen MR) is 50.4 cm³/mol. The third-order valence-corrected chi connectivity index (χ3v) is 2.05. The summed E-state index contributed by atoms with van der Waals surface area (Å²) in [6, 6.07) is 3.48. The lowest BCUT2D eigenvalue weighted by molar-refractivity contribution is 0.406. The molecule has 13 heavy (non-hydrogen) atoms. The normalized spacial score (nSPS) is 10.2. The monoisotopic (exact) mass is 183 g/mol. The van der Waals surface area contributed by atoms with Crippen LogP contribution in [0, 0.1) is 12.7 Å². The van der Waals surface area contributed by atoms with Gasteiger partial charge in [-0.25, -0.2) is 4.39 Å². The molecule has 0 bridgehead atoms. The highest BCUT2D eigenvalue weighted by atomic mass is 19.1. The van der Waals surface area contributed by atoms with Gasteiger partial charge in [0.1, 0.15) is 11.6 Å². The molecule has 0 aliphatic heterocycles. The second-order valence-corrected chi connectivity index (χ2v) is 2.90. The summed E-state index contributed by atoms with van der Waals surface area (Å²) < 4.78 is 18.5. The Balaban J connectivity index is 3.07. The first-order chi connectivity index (χ1) is 6.20. The topological polar surface area (TPSA) is 35.2 Å². The lowest BCUT2D eigenvalue weighted by Crippen LogP contribution is -2.05. The molecule has 1 aromatic carbocycles. The maximum atomic E-state index is 13.5. The maximum absolute atomic E-state index is 13.5. The van der Waals surface area contributed by atoms with Crippen molar-refractivity contribution in [1.82, 2.24) is 0 Å². The highest BCUT2D eigenvalue weighted by Gasteiger charge is 2.08. The molecule has 0 saturated heterocycles. The molecule has 0 spiro atoms. The Kier molecular flexibility index (Phi) is 3.25. The summed E-state index contributed by atoms with van der Waals surface area (Å²) in [5, 5.41) is 0. The Morgan fingerprint density at radius 2 is 2.15 bits per heavy atom. The zero-order chi connectivity index (χ0) is 9.84. The van der Waals surface area contributed by atoms with Gasteiger partial charge in [0.25, 0.3) is 0 Å². The molecule has 0 fully saturated rings. The number of ether oxygens (including phenoxy) is 1. The Morgan fingerprint density at radius 3 is 2.69 bits per heavy atom. The van der Waals surface area contributed by atoms with E-state index in [1.165, 1.54) is 7.11 Å². The van der Waals surface area contributed by atoms with Gasteiger partial charge in [0.2, 0.25) is 0 Å². The molecular formula is C10H14FNO. The maximum Gasteiger partial charge on any atom is 0.133 e. The van der Waals surface area contributed by atoms with Crippen LogP contribution in [0.5, 0.6) is 5.75 Å². The van der Waals surface area contributed by atoms with Crippen LogP contribution in [0.4, 0.5) is 4.39 Å². The van der Waals surface area contributed by atoms with Crippen molar-refractivity contribution in [2.24, 2.45) is 5.73 Å². The molecule has 3 heteroatoms. The molecule has 0 aliphatic rings. The van der Waals surface area contributed by atoms with Gasteiger partial charge in [-0.1, -0.05) is 6.07 Å². The van der Waals surface area contributed by atoms with Crippen LogP contribution < -0.4 is 10.5 Å². The quantitative estimate of drug-likeness (QED) is 0.773. The number of methoxy groups -OCH3 is 1. The van der Waals surface area contributed by atoms with E-state index >= 15 is 0 Å². The first-order valence-electron chi connectivity index (χ1n) is 4.22. The van der Waals surface area contributed by atoms with Gasteiger partial charge in [0.05, 0.1) is 7.11 Å². The third kappa shape index (κ3) is 1.98. The van der Waals surface area contributed by atoms with E-state index in [1.807, 2.05) is 0 Å². The van der Waals surface area contributed by atoms with Crippen molar-refractivity contribution in [2.45, 2.75) is 13.3 Å². The van der Waals surface area contributed by atoms with E-state index in [4.69, 9.17) is 10.5 Å². The number of hydrogen-bond donors (Lipinski definition) is 1. The average Bonchev–Trinajstić information content (AvgIpc) is 2.14. The van der Waals surface area contributed by atoms with Gasteiger partial charge in [-0.2, -0.15) is 0 Å². The summed E-state index contributed by atoms with van der Waals surface area (Å²) >= 11 is 0. The van der Waals surface area contributed by atoms with Crippen LogP contribution in [0.25, 0.3) is 0 Å². The van der Waals surface area contributed by atoms with E-state index in [0.717, 1.165) is 0 Å². The fourth-order valence-electron chi connectivity index (χ4n) is 1.29. The Morgan fingerprint density at radius 1 is 1.46 bits per heavy atom. The molecular weight excluding hydrogens is 169 g/mol. The molecule has 1 rings (SSSR count). The molecule has 0 aliphatic carbocycles. The second-order valence-electron chi connectivity index (χ2n) is 2.90. The molecule has 0 unspecified atom stereocenters. The van der Waals surface area contributed by atoms with Crippen LogP contribution >= 0.6 is 0 Å². The Labute approximate surface area is 77.5 Å². The minimum atomic E-state index is -0.204. The number of halogens is 1. The molecule has 0 saturated carbocycles. The van der Waals surface area contributed by atoms with Crippen molar-refractivity contribution in [3.63, 3.8) is 0 Å². The minimum absolute atomic E-state index is 0.204. The van der Waals surface area contributed by atoms with Gasteiger partial charge in [-0.3, -0.25) is 0 Å². The van der Waals surface area contributed by atoms with E-state index in [0.29, 0.717) is 29.8 Å². The lowest BCUT2D eigenvalue weighted by Gasteiger charge is -2.08. The van der Waals surface area contributed by atoms with E-state index in [2.05, 4.69) is 0 Å². The number of hydrogen-bond acceptors (Lipinski definition) is 2. The zero-order valence-electron chi connectivity index (χ0n) is 7.93. The third-order valence-electron chi connectivity index (χ3n) is 2.05. The summed E-state index contributed by atoms with van der Waals surface area (Å²) in [6.45, 7) is 2.16. The summed E-state index contributed by atoms with van der Waals surface area (Å²) in [6.07, 6.45) is 0.566. The van der Waals surface area contributed by atoms with Crippen molar-refractivity contribution in [3.8, 4) is 5.75 Å². The molecule has 1 aromatic rings. The standard InChI is InChI=1S/C10H14FNO/c1-7-9(13-2)4-3-8(5-6-12)10(7)11/h3-4H,5-6,12H2,1-2H3. The molecule has 2 nitrogen and oxygen atoms in total. The Hall–Kier alpha value is -1.09. The summed E-state index contributed by atoms with van der Waals surface area (Å²) in [4.78, 5) is 0. The molecule has 72 valence electrons. The second kappa shape index (κ2) is 4.23. The summed E-state index contributed by atoms with van der Waals surface area (Å²) in [7, 11) is 1.53. The van der Waals surface area contributed by atoms with Crippen LogP contribution in [0.2, 0.25) is 0 Å². The number of nitrogens with two attached hydrogens (primary N) is 1. The van der Waals surface area contributed by atoms with Gasteiger partial charge in [0, 0.05) is 5.56 Å². The summed E-state index contributed by atoms with van der Waals surface area (Å²) in [5.74, 6) is 0.378. The molecule has 0 heterocycles. The van der Waals surface area contributed by atoms with Crippen molar-refractivity contribution in [3.05, 3.63) is 29.1 Å². The Bertz CT molecular complexity index is 299. The fourth-order valence-corrected chi connectivity index (χ4v) is 1.29. The largest absolute Gasteiger partial charge is 0.496 e. The van der Waals surface area contributed by atoms with Crippen molar-refractivity contribution in [2.75, 3.05) is 13.7 Å². The van der Waals surface area contributed by atoms with Crippen LogP contribution in [0.15, 0.2) is 12.1 Å². The fraction of sp³-hybridized carbons (Fsp3) is 0.400. The van der Waals surface area contributed by atoms with Crippen molar-refractivity contribution >= 4 is 0 Å². The van der Waals surface area contributed by atoms with Gasteiger partial charge in [-0.05, 0) is 31.5 Å². The van der Waals surface area contributed by atoms with Crippen LogP contribution in [-0.2, 0) is 6.42 Å². The van der Waals surface area contributed by atoms with Crippen molar-refractivity contribution < 1.29 is 9.13 Å². The SMILES string of the molecule is COc1ccc(CCN)c(F)c1C. The first kappa shape index (κ1) is 9.99. The van der Waals surface area contributed by atoms with Gasteiger partial charge < -0.3 is 10.5 Å². The van der Waals surface area contributed by atoms with Crippen LogP contribution in [0.1, 0.15) is 11.1 Å². The predicted octanol–water partition coefficient (Wildman–Crippen LogP) is 1.64. The lowest BCUT2D eigenvalue weighted by atomic mass is 10.1. The van der Waals surface area contributed by atoms with Gasteiger partial charge >= 0.3 is 0 Å². The highest BCUT2D eigenvalue weighted by molar-refractivity contribution is 5.37. The molecule has 0 aromatic heterocycles. The van der Waals surface area contributed by atoms with Crippen LogP contribution in [-0.4, -0.2) is 13.7 Å². The first-order valence-corrected chi connectivity index (χ1v) is 4.22. The zero-order valence-corrected chi connectivity index (χ0v) is 7.93. The minimum Gasteiger partial charge on any atom is -0.496 e. The number of rotatable bonds is 3. The van der Waals surface area contributed by atoms with Crippen molar-refractivity contribution in [1.29, 1.82) is 0 Å². The van der Waals surface area contributed by atoms with E-state index in [1.54, 1.807) is 19.1 Å².